The van der Waals surface area contributed by atoms with Crippen molar-refractivity contribution in [2.75, 3.05) is 0 Å². The van der Waals surface area contributed by atoms with Crippen LogP contribution in [0.2, 0.25) is 0 Å². The predicted octanol–water partition coefficient (Wildman–Crippen LogP) is 9.11. The molecule has 1 heterocycles. The number of carbonyl (C=O) groups is 1. The zero-order chi connectivity index (χ0) is 28.5. The first-order valence-electron chi connectivity index (χ1n) is 14.5. The van der Waals surface area contributed by atoms with E-state index in [2.05, 4.69) is 86.3 Å². The number of carbonyl (C=O) groups excluding carboxylic acids is 1. The van der Waals surface area contributed by atoms with Crippen molar-refractivity contribution < 1.29 is 9.53 Å². The molecule has 0 amide bonds. The molecule has 5 aromatic rings. The van der Waals surface area contributed by atoms with Crippen molar-refractivity contribution in [1.82, 2.24) is 4.98 Å². The average Bonchev–Trinajstić information content (AvgIpc) is 3.01. The Morgan fingerprint density at radius 1 is 0.805 bits per heavy atom. The fourth-order valence-corrected chi connectivity index (χ4v) is 6.54. The standard InChI is InChI=1S/C37H37NO2S/c1-2-25-37(26-11-14-28-12-5-3-6-13-28,35(36(39)41)30-16-7-4-8-17-30)31-20-23-33(24-21-31)40-27-32-22-19-29-15-9-10-18-34(29)38-32/h3-10,12-13,15-24,35H,2,11,14,25-27H2,1H3,(H,39,41). The minimum Gasteiger partial charge on any atom is -0.487 e. The van der Waals surface area contributed by atoms with Gasteiger partial charge in [0.05, 0.1) is 17.1 Å². The van der Waals surface area contributed by atoms with Crippen molar-refractivity contribution in [3.63, 3.8) is 0 Å². The summed E-state index contributed by atoms with van der Waals surface area (Å²) in [6.45, 7) is 2.59. The number of ether oxygens (including phenoxy) is 1. The lowest BCUT2D eigenvalue weighted by Crippen LogP contribution is -2.37. The summed E-state index contributed by atoms with van der Waals surface area (Å²) < 4.78 is 6.16. The highest BCUT2D eigenvalue weighted by atomic mass is 32.1. The van der Waals surface area contributed by atoms with E-state index in [0.717, 1.165) is 65.6 Å². The smallest absolute Gasteiger partial charge is 0.194 e. The molecule has 2 atom stereocenters. The Balaban J connectivity index is 1.43. The van der Waals surface area contributed by atoms with Gasteiger partial charge >= 0.3 is 0 Å². The van der Waals surface area contributed by atoms with Gasteiger partial charge in [-0.3, -0.25) is 4.79 Å². The molecular weight excluding hydrogens is 522 g/mol. The molecule has 0 aliphatic carbocycles. The van der Waals surface area contributed by atoms with Gasteiger partial charge in [-0.15, -0.1) is 12.6 Å². The molecule has 0 fully saturated rings. The van der Waals surface area contributed by atoms with Gasteiger partial charge in [0, 0.05) is 10.8 Å². The number of benzene rings is 4. The maximum atomic E-state index is 13.3. The number of aromatic nitrogens is 1. The Hall–Kier alpha value is -3.89. The third-order valence-corrected chi connectivity index (χ3v) is 8.29. The number of pyridine rings is 1. The van der Waals surface area contributed by atoms with Crippen molar-refractivity contribution in [3.8, 4) is 5.75 Å². The van der Waals surface area contributed by atoms with E-state index >= 15 is 0 Å². The molecule has 0 saturated carbocycles. The minimum atomic E-state index is -0.387. The minimum absolute atomic E-state index is 0.0907. The van der Waals surface area contributed by atoms with Crippen LogP contribution in [0.15, 0.2) is 121 Å². The fourth-order valence-electron chi connectivity index (χ4n) is 6.14. The Bertz CT molecular complexity index is 1550. The van der Waals surface area contributed by atoms with E-state index in [1.54, 1.807) is 0 Å². The summed E-state index contributed by atoms with van der Waals surface area (Å²) in [7, 11) is 0. The summed E-state index contributed by atoms with van der Waals surface area (Å²) in [6.07, 6.45) is 4.66. The van der Waals surface area contributed by atoms with Crippen LogP contribution in [0.5, 0.6) is 5.75 Å². The SMILES string of the molecule is CCCC(CCCc1ccccc1)(c1ccc(OCc2ccc3ccccc3n2)cc1)C(C(=O)S)c1ccccc1. The summed E-state index contributed by atoms with van der Waals surface area (Å²) in [5.74, 6) is 0.433. The van der Waals surface area contributed by atoms with Crippen molar-refractivity contribution in [2.45, 2.75) is 57.0 Å². The van der Waals surface area contributed by atoms with Crippen LogP contribution < -0.4 is 4.74 Å². The highest BCUT2D eigenvalue weighted by Crippen LogP contribution is 2.48. The number of hydrogen-bond acceptors (Lipinski definition) is 3. The molecule has 1 aromatic heterocycles. The number of nitrogens with zero attached hydrogens (tertiary/aromatic N) is 1. The second-order valence-electron chi connectivity index (χ2n) is 10.7. The first-order valence-corrected chi connectivity index (χ1v) is 14.9. The van der Waals surface area contributed by atoms with E-state index in [1.165, 1.54) is 5.56 Å². The van der Waals surface area contributed by atoms with E-state index in [9.17, 15) is 4.79 Å². The van der Waals surface area contributed by atoms with Gasteiger partial charge in [-0.05, 0) is 66.6 Å². The lowest BCUT2D eigenvalue weighted by atomic mass is 9.63. The number of aryl methyl sites for hydroxylation is 1. The van der Waals surface area contributed by atoms with E-state index < -0.39 is 0 Å². The summed E-state index contributed by atoms with van der Waals surface area (Å²) in [4.78, 5) is 18.1. The topological polar surface area (TPSA) is 39.2 Å². The molecule has 0 aliphatic rings. The summed E-state index contributed by atoms with van der Waals surface area (Å²) >= 11 is 4.48. The largest absolute Gasteiger partial charge is 0.487 e. The maximum Gasteiger partial charge on any atom is 0.194 e. The van der Waals surface area contributed by atoms with Crippen molar-refractivity contribution in [3.05, 3.63) is 144 Å². The van der Waals surface area contributed by atoms with E-state index in [4.69, 9.17) is 9.72 Å². The number of thiol groups is 1. The van der Waals surface area contributed by atoms with Gasteiger partial charge in [0.1, 0.15) is 12.4 Å². The molecule has 3 nitrogen and oxygen atoms in total. The molecule has 0 spiro atoms. The van der Waals surface area contributed by atoms with Crippen LogP contribution in [0.1, 0.15) is 60.9 Å². The fraction of sp³-hybridized carbons (Fsp3) is 0.243. The second-order valence-corrected chi connectivity index (χ2v) is 11.2. The Morgan fingerprint density at radius 3 is 2.20 bits per heavy atom. The Morgan fingerprint density at radius 2 is 1.49 bits per heavy atom. The van der Waals surface area contributed by atoms with E-state index in [-0.39, 0.29) is 16.4 Å². The van der Waals surface area contributed by atoms with E-state index in [1.807, 2.05) is 54.6 Å². The molecule has 41 heavy (non-hydrogen) atoms. The molecular formula is C37H37NO2S. The summed E-state index contributed by atoms with van der Waals surface area (Å²) in [5.41, 5.74) is 4.95. The Labute approximate surface area is 249 Å². The molecule has 4 aromatic carbocycles. The molecule has 0 bridgehead atoms. The van der Waals surface area contributed by atoms with Gasteiger partial charge in [0.25, 0.3) is 0 Å². The molecule has 0 N–H and O–H groups in total. The van der Waals surface area contributed by atoms with Crippen LogP contribution in [0.25, 0.3) is 10.9 Å². The van der Waals surface area contributed by atoms with Gasteiger partial charge in [0.2, 0.25) is 0 Å². The summed E-state index contributed by atoms with van der Waals surface area (Å²) in [5, 5.41) is 1.03. The van der Waals surface area contributed by atoms with Gasteiger partial charge in [0.15, 0.2) is 5.12 Å². The third kappa shape index (κ3) is 6.89. The molecule has 2 unspecified atom stereocenters. The van der Waals surface area contributed by atoms with Crippen molar-refractivity contribution in [2.24, 2.45) is 0 Å². The zero-order valence-electron chi connectivity index (χ0n) is 23.6. The van der Waals surface area contributed by atoms with Crippen LogP contribution in [-0.2, 0) is 23.2 Å². The lowest BCUT2D eigenvalue weighted by molar-refractivity contribution is -0.113. The average molecular weight is 560 g/mol. The highest BCUT2D eigenvalue weighted by Gasteiger charge is 2.43. The van der Waals surface area contributed by atoms with Crippen LogP contribution in [0, 0.1) is 0 Å². The molecule has 5 rings (SSSR count). The molecule has 0 saturated heterocycles. The van der Waals surface area contributed by atoms with Crippen LogP contribution in [0.3, 0.4) is 0 Å². The number of hydrogen-bond donors (Lipinski definition) is 1. The Kier molecular flexibility index (Phi) is 9.53. The van der Waals surface area contributed by atoms with Crippen LogP contribution in [-0.4, -0.2) is 10.1 Å². The van der Waals surface area contributed by atoms with Crippen LogP contribution in [0.4, 0.5) is 0 Å². The number of fused-ring (bicyclic) bond motifs is 1. The van der Waals surface area contributed by atoms with Crippen molar-refractivity contribution in [1.29, 1.82) is 0 Å². The quantitative estimate of drug-likeness (QED) is 0.146. The first-order chi connectivity index (χ1) is 20.1. The number of rotatable bonds is 13. The van der Waals surface area contributed by atoms with Gasteiger partial charge in [-0.1, -0.05) is 110 Å². The molecule has 208 valence electrons. The van der Waals surface area contributed by atoms with Crippen molar-refractivity contribution >= 4 is 28.6 Å². The normalized spacial score (nSPS) is 13.4. The summed E-state index contributed by atoms with van der Waals surface area (Å²) in [6, 6.07) is 41.3. The maximum absolute atomic E-state index is 13.3. The monoisotopic (exact) mass is 559 g/mol. The van der Waals surface area contributed by atoms with Gasteiger partial charge in [-0.25, -0.2) is 4.98 Å². The zero-order valence-corrected chi connectivity index (χ0v) is 24.5. The highest BCUT2D eigenvalue weighted by molar-refractivity contribution is 7.96. The molecule has 0 radical (unpaired) electrons. The predicted molar refractivity (Wildman–Crippen MR) is 172 cm³/mol. The number of para-hydroxylation sites is 1. The van der Waals surface area contributed by atoms with Crippen LogP contribution >= 0.6 is 12.6 Å². The van der Waals surface area contributed by atoms with Gasteiger partial charge < -0.3 is 4.74 Å². The lowest BCUT2D eigenvalue weighted by Gasteiger charge is -2.41. The second kappa shape index (κ2) is 13.6. The first kappa shape index (κ1) is 28.6. The van der Waals surface area contributed by atoms with E-state index in [0.29, 0.717) is 6.61 Å². The molecule has 4 heteroatoms. The van der Waals surface area contributed by atoms with Gasteiger partial charge in [-0.2, -0.15) is 0 Å². The third-order valence-electron chi connectivity index (χ3n) is 8.03. The molecule has 0 aliphatic heterocycles.